The first kappa shape index (κ1) is 17.5. The summed E-state index contributed by atoms with van der Waals surface area (Å²) >= 11 is 1.55. The Morgan fingerprint density at radius 2 is 2.33 bits per heavy atom. The van der Waals surface area contributed by atoms with Crippen molar-refractivity contribution in [3.8, 4) is 11.3 Å². The fraction of sp³-hybridized carbons (Fsp3) is 0.333. The Balaban J connectivity index is 1.51. The lowest BCUT2D eigenvalue weighted by Gasteiger charge is -2.32. The number of aromatic nitrogens is 3. The number of hydrogen-bond donors (Lipinski definition) is 2. The van der Waals surface area contributed by atoms with Crippen molar-refractivity contribution >= 4 is 23.2 Å². The van der Waals surface area contributed by atoms with Crippen molar-refractivity contribution in [2.24, 2.45) is 7.05 Å². The van der Waals surface area contributed by atoms with Crippen LogP contribution in [0.15, 0.2) is 34.3 Å². The van der Waals surface area contributed by atoms with Crippen LogP contribution in [0, 0.1) is 6.92 Å². The normalized spacial score (nSPS) is 19.7. The van der Waals surface area contributed by atoms with Crippen molar-refractivity contribution in [2.75, 3.05) is 0 Å². The van der Waals surface area contributed by atoms with E-state index in [1.165, 1.54) is 0 Å². The van der Waals surface area contributed by atoms with E-state index in [0.29, 0.717) is 18.6 Å². The Hall–Kier alpha value is -2.94. The zero-order chi connectivity index (χ0) is 19.0. The van der Waals surface area contributed by atoms with E-state index in [-0.39, 0.29) is 29.6 Å². The number of amides is 2. The number of nitrogens with zero attached hydrogens (tertiary/aromatic N) is 3. The van der Waals surface area contributed by atoms with Crippen LogP contribution in [-0.2, 0) is 11.8 Å². The zero-order valence-corrected chi connectivity index (χ0v) is 15.7. The molecular formula is C18H19N5O3S. The van der Waals surface area contributed by atoms with Crippen LogP contribution in [0.1, 0.15) is 39.9 Å². The Kier molecular flexibility index (Phi) is 4.53. The highest BCUT2D eigenvalue weighted by Crippen LogP contribution is 2.28. The fourth-order valence-electron chi connectivity index (χ4n) is 3.18. The summed E-state index contributed by atoms with van der Waals surface area (Å²) in [6.07, 6.45) is 2.64. The predicted molar refractivity (Wildman–Crippen MR) is 99.1 cm³/mol. The number of carbonyl (C=O) groups excluding carboxylic acids is 2. The molecule has 1 saturated heterocycles. The van der Waals surface area contributed by atoms with E-state index in [2.05, 4.69) is 20.9 Å². The van der Waals surface area contributed by atoms with Crippen molar-refractivity contribution in [3.63, 3.8) is 0 Å². The number of hydrogen-bond acceptors (Lipinski definition) is 6. The molecule has 0 radical (unpaired) electrons. The van der Waals surface area contributed by atoms with Gasteiger partial charge in [0.15, 0.2) is 11.5 Å². The lowest BCUT2D eigenvalue weighted by atomic mass is 9.96. The SMILES string of the molecule is Cc1c(-c2cc(C(=O)N[C@@H]3CCC(=O)N[C@H]3c3cccs3)no2)cnn1C. The topological polar surface area (TPSA) is 102 Å². The minimum absolute atomic E-state index is 0.00493. The Labute approximate surface area is 159 Å². The molecule has 1 fully saturated rings. The van der Waals surface area contributed by atoms with Gasteiger partial charge in [0.05, 0.1) is 23.8 Å². The van der Waals surface area contributed by atoms with Crippen molar-refractivity contribution in [2.45, 2.75) is 31.8 Å². The third kappa shape index (κ3) is 3.37. The number of nitrogens with one attached hydrogen (secondary N) is 2. The summed E-state index contributed by atoms with van der Waals surface area (Å²) in [6.45, 7) is 1.92. The summed E-state index contributed by atoms with van der Waals surface area (Å²) in [5.74, 6) is 0.168. The van der Waals surface area contributed by atoms with Gasteiger partial charge in [0.1, 0.15) is 0 Å². The highest BCUT2D eigenvalue weighted by molar-refractivity contribution is 7.10. The third-order valence-electron chi connectivity index (χ3n) is 4.81. The van der Waals surface area contributed by atoms with Crippen LogP contribution in [0.25, 0.3) is 11.3 Å². The molecule has 140 valence electrons. The first-order valence-corrected chi connectivity index (χ1v) is 9.50. The molecule has 2 amide bonds. The van der Waals surface area contributed by atoms with Crippen LogP contribution in [0.5, 0.6) is 0 Å². The highest BCUT2D eigenvalue weighted by Gasteiger charge is 2.32. The van der Waals surface area contributed by atoms with E-state index in [9.17, 15) is 9.59 Å². The van der Waals surface area contributed by atoms with E-state index in [4.69, 9.17) is 4.52 Å². The molecule has 2 N–H and O–H groups in total. The van der Waals surface area contributed by atoms with Crippen LogP contribution in [-0.4, -0.2) is 32.8 Å². The molecule has 0 aromatic carbocycles. The number of rotatable bonds is 4. The maximum atomic E-state index is 12.7. The maximum Gasteiger partial charge on any atom is 0.273 e. The minimum atomic E-state index is -0.325. The predicted octanol–water partition coefficient (Wildman–Crippen LogP) is 2.19. The second-order valence-corrected chi connectivity index (χ2v) is 7.50. The second-order valence-electron chi connectivity index (χ2n) is 6.52. The van der Waals surface area contributed by atoms with Crippen LogP contribution in [0.4, 0.5) is 0 Å². The molecule has 8 nitrogen and oxygen atoms in total. The molecular weight excluding hydrogens is 366 g/mol. The van der Waals surface area contributed by atoms with E-state index in [1.807, 2.05) is 31.5 Å². The lowest BCUT2D eigenvalue weighted by molar-refractivity contribution is -0.123. The number of piperidine rings is 1. The molecule has 0 bridgehead atoms. The molecule has 3 aromatic heterocycles. The summed E-state index contributed by atoms with van der Waals surface area (Å²) in [4.78, 5) is 25.5. The van der Waals surface area contributed by atoms with E-state index in [0.717, 1.165) is 16.1 Å². The van der Waals surface area contributed by atoms with Gasteiger partial charge in [-0.3, -0.25) is 14.3 Å². The van der Waals surface area contributed by atoms with Gasteiger partial charge in [-0.15, -0.1) is 11.3 Å². The summed E-state index contributed by atoms with van der Waals surface area (Å²) in [6, 6.07) is 5.07. The smallest absolute Gasteiger partial charge is 0.273 e. The Morgan fingerprint density at radius 1 is 1.48 bits per heavy atom. The number of thiophene rings is 1. The standard InChI is InChI=1S/C18H19N5O3S/c1-10-11(9-19-23(10)2)14-8-13(22-26-14)18(25)20-12-5-6-16(24)21-17(12)15-4-3-7-27-15/h3-4,7-9,12,17H,5-6H2,1-2H3,(H,20,25)(H,21,24)/t12-,17-/m1/s1. The van der Waals surface area contributed by atoms with Crippen LogP contribution in [0.2, 0.25) is 0 Å². The van der Waals surface area contributed by atoms with E-state index < -0.39 is 0 Å². The highest BCUT2D eigenvalue weighted by atomic mass is 32.1. The van der Waals surface area contributed by atoms with E-state index in [1.54, 1.807) is 28.3 Å². The monoisotopic (exact) mass is 385 g/mol. The van der Waals surface area contributed by atoms with Gasteiger partial charge < -0.3 is 15.2 Å². The molecule has 0 aliphatic carbocycles. The van der Waals surface area contributed by atoms with Gasteiger partial charge >= 0.3 is 0 Å². The molecule has 4 rings (SSSR count). The third-order valence-corrected chi connectivity index (χ3v) is 5.77. The molecule has 9 heteroatoms. The van der Waals surface area contributed by atoms with Crippen molar-refractivity contribution in [1.82, 2.24) is 25.6 Å². The first-order valence-electron chi connectivity index (χ1n) is 8.62. The molecule has 1 aliphatic rings. The number of aryl methyl sites for hydroxylation is 1. The quantitative estimate of drug-likeness (QED) is 0.717. The van der Waals surface area contributed by atoms with Crippen LogP contribution < -0.4 is 10.6 Å². The van der Waals surface area contributed by atoms with Gasteiger partial charge in [-0.05, 0) is 24.8 Å². The van der Waals surface area contributed by atoms with Gasteiger partial charge in [0, 0.05) is 30.1 Å². The molecule has 27 heavy (non-hydrogen) atoms. The van der Waals surface area contributed by atoms with Gasteiger partial charge in [0.25, 0.3) is 5.91 Å². The largest absolute Gasteiger partial charge is 0.355 e. The summed E-state index contributed by atoms with van der Waals surface area (Å²) in [7, 11) is 1.84. The lowest BCUT2D eigenvalue weighted by Crippen LogP contribution is -2.49. The molecule has 3 aromatic rings. The molecule has 0 saturated carbocycles. The van der Waals surface area contributed by atoms with Crippen LogP contribution in [0.3, 0.4) is 0 Å². The Bertz CT molecular complexity index is 975. The minimum Gasteiger partial charge on any atom is -0.355 e. The molecule has 0 unspecified atom stereocenters. The second kappa shape index (κ2) is 6.99. The average molecular weight is 385 g/mol. The summed E-state index contributed by atoms with van der Waals surface area (Å²) in [5.41, 5.74) is 1.92. The van der Waals surface area contributed by atoms with Gasteiger partial charge in [-0.25, -0.2) is 0 Å². The molecule has 2 atom stereocenters. The maximum absolute atomic E-state index is 12.7. The van der Waals surface area contributed by atoms with Crippen molar-refractivity contribution in [1.29, 1.82) is 0 Å². The summed E-state index contributed by atoms with van der Waals surface area (Å²) < 4.78 is 7.07. The van der Waals surface area contributed by atoms with E-state index >= 15 is 0 Å². The van der Waals surface area contributed by atoms with Crippen molar-refractivity contribution < 1.29 is 14.1 Å². The fourth-order valence-corrected chi connectivity index (χ4v) is 4.03. The Morgan fingerprint density at radius 3 is 3.04 bits per heavy atom. The first-order chi connectivity index (χ1) is 13.0. The molecule has 4 heterocycles. The van der Waals surface area contributed by atoms with Gasteiger partial charge in [-0.1, -0.05) is 11.2 Å². The van der Waals surface area contributed by atoms with Crippen molar-refractivity contribution in [3.05, 3.63) is 46.0 Å². The number of carbonyl (C=O) groups is 2. The van der Waals surface area contributed by atoms with Crippen LogP contribution >= 0.6 is 11.3 Å². The zero-order valence-electron chi connectivity index (χ0n) is 14.9. The van der Waals surface area contributed by atoms with Gasteiger partial charge in [-0.2, -0.15) is 5.10 Å². The molecule has 1 aliphatic heterocycles. The molecule has 0 spiro atoms. The summed E-state index contributed by atoms with van der Waals surface area (Å²) in [5, 5.41) is 16.0. The van der Waals surface area contributed by atoms with Gasteiger partial charge in [0.2, 0.25) is 5.91 Å². The average Bonchev–Trinajstić information content (AvgIpc) is 3.39.